The molecular formula is C23H25ClN4O2S. The summed E-state index contributed by atoms with van der Waals surface area (Å²) in [6.45, 7) is 3.07. The molecule has 0 unspecified atom stereocenters. The second kappa shape index (κ2) is 10.2. The highest BCUT2D eigenvalue weighted by Gasteiger charge is 2.15. The van der Waals surface area contributed by atoms with Crippen molar-refractivity contribution in [2.45, 2.75) is 50.9 Å². The number of benzene rings is 2. The fourth-order valence-electron chi connectivity index (χ4n) is 3.69. The monoisotopic (exact) mass is 456 g/mol. The molecule has 0 spiro atoms. The summed E-state index contributed by atoms with van der Waals surface area (Å²) >= 11 is 7.32. The normalized spacial score (nSPS) is 13.0. The van der Waals surface area contributed by atoms with E-state index in [-0.39, 0.29) is 11.7 Å². The molecular weight excluding hydrogens is 432 g/mol. The van der Waals surface area contributed by atoms with Crippen LogP contribution in [-0.4, -0.2) is 26.4 Å². The maximum Gasteiger partial charge on any atom is 0.234 e. The van der Waals surface area contributed by atoms with Crippen molar-refractivity contribution in [2.75, 3.05) is 11.1 Å². The van der Waals surface area contributed by atoms with Crippen molar-refractivity contribution in [1.82, 2.24) is 14.8 Å². The van der Waals surface area contributed by atoms with E-state index < -0.39 is 0 Å². The van der Waals surface area contributed by atoms with Gasteiger partial charge >= 0.3 is 0 Å². The first kappa shape index (κ1) is 21.7. The fourth-order valence-corrected chi connectivity index (χ4v) is 4.70. The molecule has 0 saturated carbocycles. The van der Waals surface area contributed by atoms with Crippen LogP contribution in [0.2, 0.25) is 5.02 Å². The van der Waals surface area contributed by atoms with Crippen LogP contribution in [0.1, 0.15) is 36.7 Å². The minimum Gasteiger partial charge on any atom is -0.486 e. The molecule has 2 aromatic carbocycles. The molecule has 0 aliphatic heterocycles. The summed E-state index contributed by atoms with van der Waals surface area (Å²) < 4.78 is 7.99. The van der Waals surface area contributed by atoms with Gasteiger partial charge in [-0.2, -0.15) is 0 Å². The Morgan fingerprint density at radius 3 is 2.81 bits per heavy atom. The Kier molecular flexibility index (Phi) is 7.14. The van der Waals surface area contributed by atoms with E-state index in [2.05, 4.69) is 27.6 Å². The molecule has 162 valence electrons. The maximum atomic E-state index is 12.3. The lowest BCUT2D eigenvalue weighted by Crippen LogP contribution is -2.15. The van der Waals surface area contributed by atoms with E-state index in [0.29, 0.717) is 29.0 Å². The summed E-state index contributed by atoms with van der Waals surface area (Å²) in [7, 11) is 0. The van der Waals surface area contributed by atoms with Gasteiger partial charge in [0.1, 0.15) is 12.4 Å². The number of rotatable bonds is 8. The highest BCUT2D eigenvalue weighted by molar-refractivity contribution is 7.99. The first-order valence-corrected chi connectivity index (χ1v) is 11.8. The molecule has 0 bridgehead atoms. The van der Waals surface area contributed by atoms with Gasteiger partial charge < -0.3 is 14.6 Å². The second-order valence-electron chi connectivity index (χ2n) is 7.42. The SMILES string of the molecule is CCn1c(COc2ccc3c(c2)CCCC3)nnc1SCC(=O)Nc1cccc(Cl)c1. The van der Waals surface area contributed by atoms with E-state index in [1.54, 1.807) is 24.3 Å². The number of amides is 1. The Morgan fingerprint density at radius 2 is 2.00 bits per heavy atom. The van der Waals surface area contributed by atoms with Crippen molar-refractivity contribution >= 4 is 35.0 Å². The van der Waals surface area contributed by atoms with E-state index in [1.807, 2.05) is 17.6 Å². The molecule has 31 heavy (non-hydrogen) atoms. The van der Waals surface area contributed by atoms with Crippen LogP contribution in [0.3, 0.4) is 0 Å². The number of ether oxygens (including phenoxy) is 1. The van der Waals surface area contributed by atoms with Crippen molar-refractivity contribution in [1.29, 1.82) is 0 Å². The number of anilines is 1. The lowest BCUT2D eigenvalue weighted by Gasteiger charge is -2.16. The van der Waals surface area contributed by atoms with Crippen LogP contribution in [0.4, 0.5) is 5.69 Å². The van der Waals surface area contributed by atoms with Gasteiger partial charge in [0.25, 0.3) is 0 Å². The lowest BCUT2D eigenvalue weighted by molar-refractivity contribution is -0.113. The zero-order chi connectivity index (χ0) is 21.6. The molecule has 1 amide bonds. The first-order valence-electron chi connectivity index (χ1n) is 10.5. The summed E-state index contributed by atoms with van der Waals surface area (Å²) in [5.41, 5.74) is 3.50. The predicted molar refractivity (Wildman–Crippen MR) is 124 cm³/mol. The van der Waals surface area contributed by atoms with Crippen LogP contribution in [0.15, 0.2) is 47.6 Å². The average molecular weight is 457 g/mol. The number of carbonyl (C=O) groups is 1. The van der Waals surface area contributed by atoms with Crippen LogP contribution >= 0.6 is 23.4 Å². The largest absolute Gasteiger partial charge is 0.486 e. The van der Waals surface area contributed by atoms with Gasteiger partial charge in [-0.3, -0.25) is 4.79 Å². The van der Waals surface area contributed by atoms with Gasteiger partial charge in [-0.05, 0) is 74.1 Å². The van der Waals surface area contributed by atoms with Crippen molar-refractivity contribution < 1.29 is 9.53 Å². The average Bonchev–Trinajstić information content (AvgIpc) is 3.18. The van der Waals surface area contributed by atoms with E-state index in [9.17, 15) is 4.79 Å². The maximum absolute atomic E-state index is 12.3. The third-order valence-electron chi connectivity index (χ3n) is 5.24. The molecule has 0 atom stereocenters. The molecule has 1 heterocycles. The third-order valence-corrected chi connectivity index (χ3v) is 6.44. The molecule has 0 saturated heterocycles. The first-order chi connectivity index (χ1) is 15.1. The van der Waals surface area contributed by atoms with E-state index in [4.69, 9.17) is 16.3 Å². The highest BCUT2D eigenvalue weighted by Crippen LogP contribution is 2.26. The topological polar surface area (TPSA) is 69.0 Å². The van der Waals surface area contributed by atoms with Gasteiger partial charge in [-0.1, -0.05) is 35.5 Å². The smallest absolute Gasteiger partial charge is 0.234 e. The second-order valence-corrected chi connectivity index (χ2v) is 8.80. The molecule has 8 heteroatoms. The number of halogens is 1. The molecule has 4 rings (SSSR count). The molecule has 1 aromatic heterocycles. The number of fused-ring (bicyclic) bond motifs is 1. The number of hydrogen-bond acceptors (Lipinski definition) is 5. The minimum atomic E-state index is -0.121. The quantitative estimate of drug-likeness (QED) is 0.475. The van der Waals surface area contributed by atoms with Gasteiger partial charge in [0.15, 0.2) is 11.0 Å². The lowest BCUT2D eigenvalue weighted by atomic mass is 9.92. The standard InChI is InChI=1S/C23H25ClN4O2S/c1-2-28-21(14-30-20-11-10-16-6-3-4-7-17(16)12-20)26-27-23(28)31-15-22(29)25-19-9-5-8-18(24)13-19/h5,8-13H,2-4,6-7,14-15H2,1H3,(H,25,29). The zero-order valence-corrected chi connectivity index (χ0v) is 19.0. The highest BCUT2D eigenvalue weighted by atomic mass is 35.5. The van der Waals surface area contributed by atoms with Crippen molar-refractivity contribution in [3.05, 3.63) is 64.4 Å². The van der Waals surface area contributed by atoms with E-state index >= 15 is 0 Å². The van der Waals surface area contributed by atoms with Crippen LogP contribution in [-0.2, 0) is 30.8 Å². The van der Waals surface area contributed by atoms with E-state index in [1.165, 1.54) is 35.7 Å². The molecule has 6 nitrogen and oxygen atoms in total. The fraction of sp³-hybridized carbons (Fsp3) is 0.348. The van der Waals surface area contributed by atoms with Gasteiger partial charge in [-0.15, -0.1) is 10.2 Å². The number of aryl methyl sites for hydroxylation is 2. The van der Waals surface area contributed by atoms with E-state index in [0.717, 1.165) is 24.4 Å². The van der Waals surface area contributed by atoms with Crippen LogP contribution < -0.4 is 10.1 Å². The Labute approximate surface area is 191 Å². The van der Waals surface area contributed by atoms with Gasteiger partial charge in [-0.25, -0.2) is 0 Å². The summed E-state index contributed by atoms with van der Waals surface area (Å²) in [4.78, 5) is 12.3. The Bertz CT molecular complexity index is 1070. The summed E-state index contributed by atoms with van der Waals surface area (Å²) in [6, 6.07) is 13.4. The molecule has 1 N–H and O–H groups in total. The van der Waals surface area contributed by atoms with Crippen LogP contribution in [0.25, 0.3) is 0 Å². The third kappa shape index (κ3) is 5.60. The summed E-state index contributed by atoms with van der Waals surface area (Å²) in [5.74, 6) is 1.72. The minimum absolute atomic E-state index is 0.121. The van der Waals surface area contributed by atoms with Gasteiger partial charge in [0.05, 0.1) is 5.75 Å². The number of aromatic nitrogens is 3. The van der Waals surface area contributed by atoms with Crippen molar-refractivity contribution in [2.24, 2.45) is 0 Å². The number of nitrogens with zero attached hydrogens (tertiary/aromatic N) is 3. The summed E-state index contributed by atoms with van der Waals surface area (Å²) in [5, 5.41) is 12.7. The van der Waals surface area contributed by atoms with Crippen molar-refractivity contribution in [3.8, 4) is 5.75 Å². The molecule has 3 aromatic rings. The number of thioether (sulfide) groups is 1. The Balaban J connectivity index is 1.34. The Hall–Kier alpha value is -2.51. The predicted octanol–water partition coefficient (Wildman–Crippen LogP) is 5.14. The molecule has 0 fully saturated rings. The Morgan fingerprint density at radius 1 is 1.16 bits per heavy atom. The molecule has 1 aliphatic rings. The number of hydrogen-bond donors (Lipinski definition) is 1. The zero-order valence-electron chi connectivity index (χ0n) is 17.4. The van der Waals surface area contributed by atoms with Gasteiger partial charge in [0.2, 0.25) is 5.91 Å². The van der Waals surface area contributed by atoms with Gasteiger partial charge in [0, 0.05) is 17.3 Å². The number of nitrogens with one attached hydrogen (secondary N) is 1. The molecule has 0 radical (unpaired) electrons. The van der Waals surface area contributed by atoms with Crippen molar-refractivity contribution in [3.63, 3.8) is 0 Å². The number of carbonyl (C=O) groups excluding carboxylic acids is 1. The van der Waals surface area contributed by atoms with Crippen LogP contribution in [0.5, 0.6) is 5.75 Å². The van der Waals surface area contributed by atoms with Crippen LogP contribution in [0, 0.1) is 0 Å². The summed E-state index contributed by atoms with van der Waals surface area (Å²) in [6.07, 6.45) is 4.79. The molecule has 1 aliphatic carbocycles.